The van der Waals surface area contributed by atoms with Gasteiger partial charge in [-0.15, -0.1) is 0 Å². The van der Waals surface area contributed by atoms with Crippen molar-refractivity contribution >= 4 is 0 Å². The molecule has 0 saturated carbocycles. The van der Waals surface area contributed by atoms with Gasteiger partial charge in [0.2, 0.25) is 0 Å². The van der Waals surface area contributed by atoms with Crippen molar-refractivity contribution in [1.29, 1.82) is 0 Å². The molecule has 0 saturated heterocycles. The molecular weight excluding hydrogens is 450 g/mol. The zero-order valence-corrected chi connectivity index (χ0v) is 19.3. The molecule has 0 nitrogen and oxygen atoms in total. The zero-order valence-electron chi connectivity index (χ0n) is 15.3. The molecule has 0 aliphatic heterocycles. The van der Waals surface area contributed by atoms with Crippen LogP contribution in [0.5, 0.6) is 0 Å². The summed E-state index contributed by atoms with van der Waals surface area (Å²) in [7, 11) is 0. The molecule has 2 aromatic rings. The number of hydrogen-bond acceptors (Lipinski definition) is 0. The number of rotatable bonds is 4. The number of halogens is 2. The van der Waals surface area contributed by atoms with E-state index in [9.17, 15) is 0 Å². The minimum atomic E-state index is -2.57. The smallest absolute Gasteiger partial charge is 1.00 e. The van der Waals surface area contributed by atoms with Crippen LogP contribution in [0.25, 0.3) is 11.1 Å². The summed E-state index contributed by atoms with van der Waals surface area (Å²) in [6.07, 6.45) is 8.95. The van der Waals surface area contributed by atoms with E-state index in [1.807, 2.05) is 0 Å². The molecular formula is C24H28Cl2Zr. The number of hydrogen-bond donors (Lipinski definition) is 0. The van der Waals surface area contributed by atoms with Crippen molar-refractivity contribution in [3.63, 3.8) is 0 Å². The van der Waals surface area contributed by atoms with Crippen LogP contribution in [0.3, 0.4) is 0 Å². The predicted octanol–water partition coefficient (Wildman–Crippen LogP) is 1.44. The average molecular weight is 479 g/mol. The molecule has 0 amide bonds. The SMILES string of the molecule is C.C=CCC1=[C]([Zr+2]([CH3])([CH3])[CH]2c3ccccc3-c3ccccc32)CC=C1.[Cl-].[Cl-]. The van der Waals surface area contributed by atoms with Gasteiger partial charge in [0.05, 0.1) is 0 Å². The number of fused-ring (bicyclic) bond motifs is 3. The largest absolute Gasteiger partial charge is 1.00 e. The minimum Gasteiger partial charge on any atom is -1.00 e. The molecule has 0 N–H and O–H groups in total. The number of benzene rings is 2. The average Bonchev–Trinajstić information content (AvgIpc) is 3.18. The first-order valence-corrected chi connectivity index (χ1v) is 16.4. The summed E-state index contributed by atoms with van der Waals surface area (Å²) in [4.78, 5) is 0. The summed E-state index contributed by atoms with van der Waals surface area (Å²) in [6, 6.07) is 18.1. The molecule has 2 aliphatic rings. The molecule has 0 atom stereocenters. The van der Waals surface area contributed by atoms with Gasteiger partial charge in [0.15, 0.2) is 0 Å². The standard InChI is InChI=1S/C13H9.C8H9.CH4.2CH3.2ClH.Zr/c1-3-7-12-10(5-1)9-11-6-2-4-8-13(11)12;1-2-5-8-6-3-4-7-8;;;;;;/h1-9H;2-3,6H,1,4-5H2;1H4;2*1H3;2*1H;/q;;;;;;;+2/p-2. The van der Waals surface area contributed by atoms with Crippen molar-refractivity contribution in [2.45, 2.75) is 33.2 Å². The zero-order chi connectivity index (χ0) is 16.7. The van der Waals surface area contributed by atoms with E-state index in [2.05, 4.69) is 82.6 Å². The topological polar surface area (TPSA) is 0 Å². The van der Waals surface area contributed by atoms with Gasteiger partial charge in [-0.2, -0.15) is 0 Å². The summed E-state index contributed by atoms with van der Waals surface area (Å²) in [5.41, 5.74) is 7.60. The Balaban J connectivity index is 0.00000121. The molecule has 2 aromatic carbocycles. The van der Waals surface area contributed by atoms with Crippen LogP contribution < -0.4 is 24.8 Å². The first-order valence-electron chi connectivity index (χ1n) is 8.82. The third kappa shape index (κ3) is 3.98. The summed E-state index contributed by atoms with van der Waals surface area (Å²) in [5.74, 6) is 0. The molecule has 0 aromatic heterocycles. The maximum atomic E-state index is 3.97. The van der Waals surface area contributed by atoms with Crippen molar-refractivity contribution in [2.24, 2.45) is 0 Å². The Bertz CT molecular complexity index is 832. The van der Waals surface area contributed by atoms with Gasteiger partial charge in [-0.05, 0) is 0 Å². The van der Waals surface area contributed by atoms with Crippen LogP contribution in [0, 0.1) is 0 Å². The van der Waals surface area contributed by atoms with Crippen LogP contribution in [-0.2, 0) is 20.3 Å². The van der Waals surface area contributed by atoms with Crippen LogP contribution in [0.2, 0.25) is 9.26 Å². The van der Waals surface area contributed by atoms with Crippen LogP contribution >= 0.6 is 0 Å². The van der Waals surface area contributed by atoms with Crippen LogP contribution in [0.4, 0.5) is 0 Å². The maximum absolute atomic E-state index is 3.97. The van der Waals surface area contributed by atoms with Crippen LogP contribution in [-0.4, -0.2) is 0 Å². The van der Waals surface area contributed by atoms with E-state index in [0.717, 1.165) is 12.8 Å². The molecule has 0 heterocycles. The molecule has 142 valence electrons. The van der Waals surface area contributed by atoms with E-state index < -0.39 is 20.3 Å². The molecule has 0 spiro atoms. The molecule has 2 aliphatic carbocycles. The van der Waals surface area contributed by atoms with E-state index in [-0.39, 0.29) is 32.2 Å². The fraction of sp³-hybridized carbons (Fsp3) is 0.250. The third-order valence-electron chi connectivity index (χ3n) is 5.73. The molecule has 0 radical (unpaired) electrons. The second kappa shape index (κ2) is 9.55. The Kier molecular flexibility index (Phi) is 8.55. The number of allylic oxidation sites excluding steroid dienone is 5. The Morgan fingerprint density at radius 1 is 0.963 bits per heavy atom. The summed E-state index contributed by atoms with van der Waals surface area (Å²) in [5, 5.41) is 0. The summed E-state index contributed by atoms with van der Waals surface area (Å²) < 4.78 is 7.66. The van der Waals surface area contributed by atoms with E-state index in [4.69, 9.17) is 0 Å². The Hall–Kier alpha value is -0.877. The van der Waals surface area contributed by atoms with Crippen molar-refractivity contribution in [1.82, 2.24) is 0 Å². The van der Waals surface area contributed by atoms with Gasteiger partial charge in [-0.25, -0.2) is 0 Å². The van der Waals surface area contributed by atoms with Gasteiger partial charge in [0.1, 0.15) is 0 Å². The second-order valence-corrected chi connectivity index (χ2v) is 18.8. The van der Waals surface area contributed by atoms with Gasteiger partial charge in [-0.1, -0.05) is 7.43 Å². The van der Waals surface area contributed by atoms with Crippen LogP contribution in [0.15, 0.2) is 82.2 Å². The fourth-order valence-corrected chi connectivity index (χ4v) is 14.7. The van der Waals surface area contributed by atoms with E-state index >= 15 is 0 Å². The minimum absolute atomic E-state index is 0. The van der Waals surface area contributed by atoms with Gasteiger partial charge < -0.3 is 24.8 Å². The fourth-order valence-electron chi connectivity index (χ4n) is 4.68. The summed E-state index contributed by atoms with van der Waals surface area (Å²) in [6.45, 7) is 3.97. The molecule has 0 unspecified atom stereocenters. The van der Waals surface area contributed by atoms with Gasteiger partial charge in [-0.3, -0.25) is 0 Å². The Morgan fingerprint density at radius 3 is 2.00 bits per heavy atom. The predicted molar refractivity (Wildman–Crippen MR) is 108 cm³/mol. The van der Waals surface area contributed by atoms with Gasteiger partial charge >= 0.3 is 150 Å². The molecule has 0 fully saturated rings. The normalized spacial score (nSPS) is 14.0. The van der Waals surface area contributed by atoms with E-state index in [0.29, 0.717) is 3.63 Å². The monoisotopic (exact) mass is 476 g/mol. The molecule has 0 bridgehead atoms. The first-order chi connectivity index (χ1) is 11.6. The van der Waals surface area contributed by atoms with Gasteiger partial charge in [0.25, 0.3) is 0 Å². The Morgan fingerprint density at radius 2 is 1.48 bits per heavy atom. The van der Waals surface area contributed by atoms with Crippen molar-refractivity contribution in [2.75, 3.05) is 0 Å². The van der Waals surface area contributed by atoms with Gasteiger partial charge in [0, 0.05) is 0 Å². The summed E-state index contributed by atoms with van der Waals surface area (Å²) >= 11 is -2.57. The second-order valence-electron chi connectivity index (χ2n) is 7.43. The maximum Gasteiger partial charge on any atom is -1.00 e. The quantitative estimate of drug-likeness (QED) is 0.584. The molecule has 27 heavy (non-hydrogen) atoms. The van der Waals surface area contributed by atoms with E-state index in [1.54, 1.807) is 20.0 Å². The van der Waals surface area contributed by atoms with Crippen molar-refractivity contribution in [3.8, 4) is 11.1 Å². The third-order valence-corrected chi connectivity index (χ3v) is 15.9. The first kappa shape index (κ1) is 24.2. The van der Waals surface area contributed by atoms with Crippen molar-refractivity contribution in [3.05, 3.63) is 93.3 Å². The van der Waals surface area contributed by atoms with Crippen molar-refractivity contribution < 1.29 is 45.1 Å². The van der Waals surface area contributed by atoms with E-state index in [1.165, 1.54) is 11.1 Å². The molecule has 3 heteroatoms. The van der Waals surface area contributed by atoms with Crippen LogP contribution in [0.1, 0.15) is 35.0 Å². The Labute approximate surface area is 181 Å². The molecule has 4 rings (SSSR count).